The molecule has 0 saturated carbocycles. The molecule has 6 nitrogen and oxygen atoms in total. The van der Waals surface area contributed by atoms with Crippen molar-refractivity contribution in [3.05, 3.63) is 82.6 Å². The van der Waals surface area contributed by atoms with Crippen LogP contribution in [0.25, 0.3) is 4.96 Å². The summed E-state index contributed by atoms with van der Waals surface area (Å²) in [6.45, 7) is 2.25. The van der Waals surface area contributed by atoms with E-state index >= 15 is 0 Å². The van der Waals surface area contributed by atoms with Gasteiger partial charge in [0, 0.05) is 36.3 Å². The van der Waals surface area contributed by atoms with E-state index in [1.54, 1.807) is 17.0 Å². The summed E-state index contributed by atoms with van der Waals surface area (Å²) in [6.07, 6.45) is 3.93. The maximum Gasteiger partial charge on any atom is 0.261 e. The number of amides is 1. The highest BCUT2D eigenvalue weighted by atomic mass is 32.1. The number of ether oxygens (including phenoxy) is 1. The van der Waals surface area contributed by atoms with Gasteiger partial charge in [0.25, 0.3) is 5.91 Å². The summed E-state index contributed by atoms with van der Waals surface area (Å²) >= 11 is 1.52. The topological polar surface area (TPSA) is 59.7 Å². The Kier molecular flexibility index (Phi) is 4.71. The minimum Gasteiger partial charge on any atom is -0.484 e. The molecule has 1 amide bonds. The zero-order chi connectivity index (χ0) is 20.7. The number of aromatic nitrogens is 3. The highest BCUT2D eigenvalue weighted by molar-refractivity contribution is 7.15. The lowest BCUT2D eigenvalue weighted by atomic mass is 9.96. The third kappa shape index (κ3) is 3.13. The SMILES string of the molecule is Cc1ccccc1OCC(=O)N1CCc2nc3sccn3c2C1c1cccnc1F. The van der Waals surface area contributed by atoms with E-state index in [0.29, 0.717) is 24.3 Å². The molecule has 30 heavy (non-hydrogen) atoms. The van der Waals surface area contributed by atoms with Crippen molar-refractivity contribution in [2.45, 2.75) is 19.4 Å². The number of nitrogens with zero attached hydrogens (tertiary/aromatic N) is 4. The molecule has 1 atom stereocenters. The van der Waals surface area contributed by atoms with Crippen LogP contribution < -0.4 is 4.74 Å². The Labute approximate surface area is 176 Å². The van der Waals surface area contributed by atoms with Crippen molar-refractivity contribution < 1.29 is 13.9 Å². The van der Waals surface area contributed by atoms with Gasteiger partial charge < -0.3 is 9.64 Å². The Bertz CT molecular complexity index is 1230. The van der Waals surface area contributed by atoms with Gasteiger partial charge in [-0.2, -0.15) is 4.39 Å². The highest BCUT2D eigenvalue weighted by Crippen LogP contribution is 2.37. The van der Waals surface area contributed by atoms with Gasteiger partial charge in [0.1, 0.15) is 11.8 Å². The zero-order valence-corrected chi connectivity index (χ0v) is 17.1. The van der Waals surface area contributed by atoms with Crippen LogP contribution in [0.2, 0.25) is 0 Å². The molecule has 1 aromatic carbocycles. The number of hydrogen-bond acceptors (Lipinski definition) is 5. The molecule has 4 aromatic rings. The fourth-order valence-electron chi connectivity index (χ4n) is 3.95. The average Bonchev–Trinajstić information content (AvgIpc) is 3.34. The summed E-state index contributed by atoms with van der Waals surface area (Å²) in [5, 5.41) is 1.93. The third-order valence-corrected chi connectivity index (χ3v) is 6.14. The molecule has 0 fully saturated rings. The molecule has 0 bridgehead atoms. The first-order valence-electron chi connectivity index (χ1n) is 9.66. The predicted molar refractivity (Wildman–Crippen MR) is 111 cm³/mol. The molecule has 0 aliphatic carbocycles. The molecule has 1 unspecified atom stereocenters. The normalized spacial score (nSPS) is 15.9. The van der Waals surface area contributed by atoms with Crippen LogP contribution in [-0.2, 0) is 11.2 Å². The van der Waals surface area contributed by atoms with Gasteiger partial charge in [0.2, 0.25) is 5.95 Å². The molecular formula is C22H19FN4O2S. The van der Waals surface area contributed by atoms with E-state index in [9.17, 15) is 9.18 Å². The summed E-state index contributed by atoms with van der Waals surface area (Å²) in [5.74, 6) is -0.127. The first kappa shape index (κ1) is 18.7. The molecule has 0 saturated heterocycles. The van der Waals surface area contributed by atoms with Crippen molar-refractivity contribution in [1.82, 2.24) is 19.3 Å². The van der Waals surface area contributed by atoms with Crippen LogP contribution in [0.4, 0.5) is 4.39 Å². The number of fused-ring (bicyclic) bond motifs is 3. The highest BCUT2D eigenvalue weighted by Gasteiger charge is 2.37. The largest absolute Gasteiger partial charge is 0.484 e. The average molecular weight is 422 g/mol. The molecule has 5 rings (SSSR count). The number of thiazole rings is 1. The molecule has 0 radical (unpaired) electrons. The van der Waals surface area contributed by atoms with Crippen molar-refractivity contribution in [2.24, 2.45) is 0 Å². The van der Waals surface area contributed by atoms with Gasteiger partial charge in [-0.3, -0.25) is 9.20 Å². The maximum atomic E-state index is 14.7. The summed E-state index contributed by atoms with van der Waals surface area (Å²) in [7, 11) is 0. The van der Waals surface area contributed by atoms with E-state index < -0.39 is 12.0 Å². The Morgan fingerprint density at radius 1 is 1.30 bits per heavy atom. The number of para-hydroxylation sites is 1. The van der Waals surface area contributed by atoms with Gasteiger partial charge >= 0.3 is 0 Å². The lowest BCUT2D eigenvalue weighted by Crippen LogP contribution is -2.43. The lowest BCUT2D eigenvalue weighted by Gasteiger charge is -2.35. The van der Waals surface area contributed by atoms with E-state index in [0.717, 1.165) is 21.9 Å². The molecule has 0 N–H and O–H groups in total. The number of carbonyl (C=O) groups excluding carboxylic acids is 1. The quantitative estimate of drug-likeness (QED) is 0.470. The van der Waals surface area contributed by atoms with Crippen molar-refractivity contribution in [2.75, 3.05) is 13.2 Å². The summed E-state index contributed by atoms with van der Waals surface area (Å²) in [6, 6.07) is 10.3. The molecule has 152 valence electrons. The Balaban J connectivity index is 1.52. The Hall–Kier alpha value is -3.26. The Morgan fingerprint density at radius 3 is 3.00 bits per heavy atom. The smallest absolute Gasteiger partial charge is 0.261 e. The molecule has 0 spiro atoms. The molecule has 1 aliphatic heterocycles. The number of halogens is 1. The molecular weight excluding hydrogens is 403 g/mol. The third-order valence-electron chi connectivity index (χ3n) is 5.38. The lowest BCUT2D eigenvalue weighted by molar-refractivity contribution is -0.135. The number of aryl methyl sites for hydroxylation is 1. The zero-order valence-electron chi connectivity index (χ0n) is 16.3. The molecule has 1 aliphatic rings. The van der Waals surface area contributed by atoms with E-state index in [-0.39, 0.29) is 12.5 Å². The monoisotopic (exact) mass is 422 g/mol. The maximum absolute atomic E-state index is 14.7. The van der Waals surface area contributed by atoms with Crippen LogP contribution in [0.1, 0.15) is 28.6 Å². The minimum atomic E-state index is -0.611. The number of pyridine rings is 1. The van der Waals surface area contributed by atoms with Gasteiger partial charge in [0.05, 0.1) is 11.4 Å². The number of hydrogen-bond donors (Lipinski definition) is 0. The molecule has 3 aromatic heterocycles. The predicted octanol–water partition coefficient (Wildman–Crippen LogP) is 3.79. The molecule has 8 heteroatoms. The summed E-state index contributed by atoms with van der Waals surface area (Å²) in [5.41, 5.74) is 3.01. The second-order valence-electron chi connectivity index (χ2n) is 7.18. The van der Waals surface area contributed by atoms with Gasteiger partial charge in [-0.15, -0.1) is 11.3 Å². The second kappa shape index (κ2) is 7.53. The first-order chi connectivity index (χ1) is 14.6. The van der Waals surface area contributed by atoms with Crippen molar-refractivity contribution in [1.29, 1.82) is 0 Å². The van der Waals surface area contributed by atoms with Crippen molar-refractivity contribution in [3.8, 4) is 5.75 Å². The standard InChI is InChI=1S/C22H19FN4O2S/c1-14-5-2-3-7-17(14)29-13-18(28)26-10-8-16-20(27-11-12-30-22(27)25-16)19(26)15-6-4-9-24-21(15)23/h2-7,9,11-12,19H,8,10,13H2,1H3. The van der Waals surface area contributed by atoms with Gasteiger partial charge in [-0.05, 0) is 24.6 Å². The second-order valence-corrected chi connectivity index (χ2v) is 8.05. The number of benzene rings is 1. The molecule has 4 heterocycles. The Morgan fingerprint density at radius 2 is 2.17 bits per heavy atom. The van der Waals surface area contributed by atoms with Crippen molar-refractivity contribution >= 4 is 22.2 Å². The van der Waals surface area contributed by atoms with E-state index in [4.69, 9.17) is 4.74 Å². The van der Waals surface area contributed by atoms with Crippen LogP contribution in [0, 0.1) is 12.9 Å². The van der Waals surface area contributed by atoms with Gasteiger partial charge in [-0.1, -0.05) is 24.3 Å². The van der Waals surface area contributed by atoms with Crippen molar-refractivity contribution in [3.63, 3.8) is 0 Å². The van der Waals surface area contributed by atoms with Crippen LogP contribution in [0.3, 0.4) is 0 Å². The number of rotatable bonds is 4. The summed E-state index contributed by atoms with van der Waals surface area (Å²) in [4.78, 5) is 24.2. The van der Waals surface area contributed by atoms with E-state index in [2.05, 4.69) is 9.97 Å². The van der Waals surface area contributed by atoms with E-state index in [1.807, 2.05) is 47.2 Å². The number of imidazole rings is 1. The van der Waals surface area contributed by atoms with Crippen LogP contribution in [0.15, 0.2) is 54.2 Å². The van der Waals surface area contributed by atoms with Crippen LogP contribution in [-0.4, -0.2) is 38.3 Å². The fourth-order valence-corrected chi connectivity index (χ4v) is 4.69. The van der Waals surface area contributed by atoms with Crippen LogP contribution in [0.5, 0.6) is 5.75 Å². The van der Waals surface area contributed by atoms with Gasteiger partial charge in [-0.25, -0.2) is 9.97 Å². The van der Waals surface area contributed by atoms with Crippen LogP contribution >= 0.6 is 11.3 Å². The van der Waals surface area contributed by atoms with E-state index in [1.165, 1.54) is 17.5 Å². The first-order valence-corrected chi connectivity index (χ1v) is 10.5. The fraction of sp³-hybridized carbons (Fsp3) is 0.227. The van der Waals surface area contributed by atoms with Gasteiger partial charge in [0.15, 0.2) is 11.6 Å². The number of carbonyl (C=O) groups is 1. The minimum absolute atomic E-state index is 0.121. The summed E-state index contributed by atoms with van der Waals surface area (Å²) < 4.78 is 22.5.